The van der Waals surface area contributed by atoms with E-state index in [1.807, 2.05) is 0 Å². The number of carbonyl (C=O) groups is 1. The van der Waals surface area contributed by atoms with Gasteiger partial charge in [0.25, 0.3) is 0 Å². The summed E-state index contributed by atoms with van der Waals surface area (Å²) in [6, 6.07) is 0. The van der Waals surface area contributed by atoms with Crippen LogP contribution in [0.4, 0.5) is 0 Å². The maximum absolute atomic E-state index is 11.4. The van der Waals surface area contributed by atoms with E-state index in [0.717, 1.165) is 25.4 Å². The van der Waals surface area contributed by atoms with Gasteiger partial charge in [0.1, 0.15) is 0 Å². The van der Waals surface area contributed by atoms with Gasteiger partial charge in [-0.05, 0) is 38.6 Å². The molecule has 0 aromatic heterocycles. The van der Waals surface area contributed by atoms with E-state index in [1.54, 1.807) is 0 Å². The largest absolute Gasteiger partial charge is 0.467 e. The Morgan fingerprint density at radius 2 is 2.19 bits per heavy atom. The first-order valence-corrected chi connectivity index (χ1v) is 6.02. The summed E-state index contributed by atoms with van der Waals surface area (Å²) < 4.78 is 4.60. The third-order valence-electron chi connectivity index (χ3n) is 2.91. The Labute approximate surface area is 97.6 Å². The molecule has 1 unspecified atom stereocenters. The Bertz CT molecular complexity index is 236. The zero-order valence-electron chi connectivity index (χ0n) is 10.5. The highest BCUT2D eigenvalue weighted by Gasteiger charge is 2.35. The number of esters is 1. The van der Waals surface area contributed by atoms with Crippen LogP contribution in [0.1, 0.15) is 33.1 Å². The van der Waals surface area contributed by atoms with E-state index in [0.29, 0.717) is 6.54 Å². The molecule has 1 atom stereocenters. The molecule has 0 aromatic rings. The van der Waals surface area contributed by atoms with Crippen molar-refractivity contribution in [2.75, 3.05) is 26.7 Å². The third kappa shape index (κ3) is 4.10. The van der Waals surface area contributed by atoms with E-state index in [-0.39, 0.29) is 0 Å². The van der Waals surface area contributed by atoms with Crippen molar-refractivity contribution < 1.29 is 14.6 Å². The predicted molar refractivity (Wildman–Crippen MR) is 62.1 cm³/mol. The lowest BCUT2D eigenvalue weighted by molar-refractivity contribution is -0.162. The van der Waals surface area contributed by atoms with Crippen molar-refractivity contribution in [3.8, 4) is 0 Å². The van der Waals surface area contributed by atoms with E-state index in [2.05, 4.69) is 16.6 Å². The molecule has 0 saturated heterocycles. The van der Waals surface area contributed by atoms with Crippen molar-refractivity contribution in [2.24, 2.45) is 5.92 Å². The maximum atomic E-state index is 11.4. The average Bonchev–Trinajstić information content (AvgIpc) is 3.00. The van der Waals surface area contributed by atoms with Gasteiger partial charge in [0, 0.05) is 13.1 Å². The second-order valence-corrected chi connectivity index (χ2v) is 4.94. The molecule has 0 heterocycles. The minimum Gasteiger partial charge on any atom is -0.467 e. The Balaban J connectivity index is 2.47. The van der Waals surface area contributed by atoms with E-state index in [1.165, 1.54) is 26.9 Å². The standard InChI is InChI=1S/C12H23NO3/c1-4-7-13(8-10-5-6-10)9-12(2,15)11(14)16-3/h10,15H,4-9H2,1-3H3. The molecule has 0 aliphatic heterocycles. The van der Waals surface area contributed by atoms with Crippen LogP contribution in [0.3, 0.4) is 0 Å². The first-order valence-electron chi connectivity index (χ1n) is 6.02. The zero-order chi connectivity index (χ0) is 12.2. The fraction of sp³-hybridized carbons (Fsp3) is 0.917. The highest BCUT2D eigenvalue weighted by Crippen LogP contribution is 2.30. The molecule has 1 aliphatic rings. The number of hydrogen-bond donors (Lipinski definition) is 1. The van der Waals surface area contributed by atoms with Gasteiger partial charge in [-0.3, -0.25) is 4.90 Å². The van der Waals surface area contributed by atoms with Crippen molar-refractivity contribution in [2.45, 2.75) is 38.7 Å². The van der Waals surface area contributed by atoms with Crippen LogP contribution in [-0.4, -0.2) is 48.3 Å². The SMILES string of the molecule is CCCN(CC1CC1)CC(C)(O)C(=O)OC. The van der Waals surface area contributed by atoms with E-state index in [4.69, 9.17) is 0 Å². The summed E-state index contributed by atoms with van der Waals surface area (Å²) in [4.78, 5) is 13.5. The maximum Gasteiger partial charge on any atom is 0.338 e. The van der Waals surface area contributed by atoms with Gasteiger partial charge in [-0.25, -0.2) is 4.79 Å². The van der Waals surface area contributed by atoms with Crippen molar-refractivity contribution in [3.05, 3.63) is 0 Å². The highest BCUT2D eigenvalue weighted by atomic mass is 16.5. The summed E-state index contributed by atoms with van der Waals surface area (Å²) in [6.45, 7) is 5.90. The number of nitrogens with zero attached hydrogens (tertiary/aromatic N) is 1. The van der Waals surface area contributed by atoms with Gasteiger partial charge in [0.05, 0.1) is 7.11 Å². The van der Waals surface area contributed by atoms with Crippen LogP contribution in [0.2, 0.25) is 0 Å². The monoisotopic (exact) mass is 229 g/mol. The van der Waals surface area contributed by atoms with E-state index >= 15 is 0 Å². The first-order chi connectivity index (χ1) is 7.49. The van der Waals surface area contributed by atoms with Gasteiger partial charge in [-0.15, -0.1) is 0 Å². The average molecular weight is 229 g/mol. The second kappa shape index (κ2) is 5.64. The van der Waals surface area contributed by atoms with Crippen LogP contribution in [-0.2, 0) is 9.53 Å². The molecular weight excluding hydrogens is 206 g/mol. The molecule has 1 fully saturated rings. The fourth-order valence-electron chi connectivity index (χ4n) is 1.94. The number of carbonyl (C=O) groups excluding carboxylic acids is 1. The molecule has 94 valence electrons. The highest BCUT2D eigenvalue weighted by molar-refractivity contribution is 5.78. The summed E-state index contributed by atoms with van der Waals surface area (Å²) in [5.74, 6) is 0.212. The Hall–Kier alpha value is -0.610. The summed E-state index contributed by atoms with van der Waals surface area (Å²) in [5.41, 5.74) is -1.39. The summed E-state index contributed by atoms with van der Waals surface area (Å²) in [5, 5.41) is 10.00. The Morgan fingerprint density at radius 1 is 1.56 bits per heavy atom. The molecule has 1 N–H and O–H groups in total. The first kappa shape index (κ1) is 13.5. The quantitative estimate of drug-likeness (QED) is 0.663. The van der Waals surface area contributed by atoms with E-state index < -0.39 is 11.6 Å². The Kier molecular flexibility index (Phi) is 4.74. The van der Waals surface area contributed by atoms with Crippen LogP contribution in [0.15, 0.2) is 0 Å². The van der Waals surface area contributed by atoms with Gasteiger partial charge in [0.2, 0.25) is 0 Å². The zero-order valence-corrected chi connectivity index (χ0v) is 10.5. The lowest BCUT2D eigenvalue weighted by Crippen LogP contribution is -2.48. The number of aliphatic hydroxyl groups is 1. The smallest absolute Gasteiger partial charge is 0.338 e. The van der Waals surface area contributed by atoms with Gasteiger partial charge < -0.3 is 9.84 Å². The molecule has 1 rings (SSSR count). The van der Waals surface area contributed by atoms with Crippen LogP contribution < -0.4 is 0 Å². The van der Waals surface area contributed by atoms with Crippen LogP contribution in [0.25, 0.3) is 0 Å². The lowest BCUT2D eigenvalue weighted by Gasteiger charge is -2.29. The third-order valence-corrected chi connectivity index (χ3v) is 2.91. The minimum atomic E-state index is -1.39. The molecule has 4 heteroatoms. The molecule has 0 radical (unpaired) electrons. The molecule has 0 aromatic carbocycles. The van der Waals surface area contributed by atoms with Crippen molar-refractivity contribution in [1.82, 2.24) is 4.90 Å². The molecular formula is C12H23NO3. The molecule has 16 heavy (non-hydrogen) atoms. The molecule has 1 saturated carbocycles. The molecule has 1 aliphatic carbocycles. The lowest BCUT2D eigenvalue weighted by atomic mass is 10.1. The molecule has 0 spiro atoms. The molecule has 0 bridgehead atoms. The normalized spacial score (nSPS) is 19.6. The van der Waals surface area contributed by atoms with Gasteiger partial charge in [-0.2, -0.15) is 0 Å². The number of hydrogen-bond acceptors (Lipinski definition) is 4. The van der Waals surface area contributed by atoms with Crippen molar-refractivity contribution in [3.63, 3.8) is 0 Å². The van der Waals surface area contributed by atoms with Crippen LogP contribution in [0, 0.1) is 5.92 Å². The summed E-state index contributed by atoms with van der Waals surface area (Å²) in [6.07, 6.45) is 3.59. The number of rotatable bonds is 7. The predicted octanol–water partition coefficient (Wildman–Crippen LogP) is 1.03. The molecule has 4 nitrogen and oxygen atoms in total. The second-order valence-electron chi connectivity index (χ2n) is 4.94. The van der Waals surface area contributed by atoms with Crippen LogP contribution >= 0.6 is 0 Å². The van der Waals surface area contributed by atoms with Gasteiger partial charge in [0.15, 0.2) is 5.60 Å². The minimum absolute atomic E-state index is 0.365. The summed E-state index contributed by atoms with van der Waals surface area (Å²) >= 11 is 0. The molecule has 0 amide bonds. The van der Waals surface area contributed by atoms with Crippen molar-refractivity contribution >= 4 is 5.97 Å². The number of methoxy groups -OCH3 is 1. The van der Waals surface area contributed by atoms with Gasteiger partial charge in [-0.1, -0.05) is 6.92 Å². The summed E-state index contributed by atoms with van der Waals surface area (Å²) in [7, 11) is 1.31. The van der Waals surface area contributed by atoms with Gasteiger partial charge >= 0.3 is 5.97 Å². The number of ether oxygens (including phenoxy) is 1. The Morgan fingerprint density at radius 3 is 2.62 bits per heavy atom. The van der Waals surface area contributed by atoms with Crippen molar-refractivity contribution in [1.29, 1.82) is 0 Å². The van der Waals surface area contributed by atoms with Crippen LogP contribution in [0.5, 0.6) is 0 Å². The fourth-order valence-corrected chi connectivity index (χ4v) is 1.94. The van der Waals surface area contributed by atoms with E-state index in [9.17, 15) is 9.90 Å². The topological polar surface area (TPSA) is 49.8 Å².